The maximum Gasteiger partial charge on any atom is 0.0959 e. The van der Waals surface area contributed by atoms with Gasteiger partial charge in [0.2, 0.25) is 0 Å². The highest BCUT2D eigenvalue weighted by atomic mass is 15.1. The van der Waals surface area contributed by atoms with E-state index in [9.17, 15) is 0 Å². The fourth-order valence-electron chi connectivity index (χ4n) is 3.18. The van der Waals surface area contributed by atoms with Crippen LogP contribution in [-0.4, -0.2) is 11.5 Å². The van der Waals surface area contributed by atoms with E-state index in [0.29, 0.717) is 0 Å². The first kappa shape index (κ1) is 12.2. The summed E-state index contributed by atoms with van der Waals surface area (Å²) in [5.74, 6) is 0. The largest absolute Gasteiger partial charge is 0.398 e. The smallest absolute Gasteiger partial charge is 0.0959 e. The third-order valence-corrected chi connectivity index (χ3v) is 4.18. The number of para-hydroxylation sites is 1. The van der Waals surface area contributed by atoms with Crippen molar-refractivity contribution in [2.75, 3.05) is 17.2 Å². The highest BCUT2D eigenvalue weighted by molar-refractivity contribution is 6.00. The average molecular weight is 275 g/mol. The van der Waals surface area contributed by atoms with Gasteiger partial charge in [-0.15, -0.1) is 0 Å². The standard InChI is InChI=1S/C18H17N3/c19-15-9-10-17(18-14(15)7-3-11-20-18)21-12-4-6-13-5-1-2-8-16(13)21/h1-3,5,7-11H,4,6,12,19H2. The Bertz CT molecular complexity index is 810. The Labute approximate surface area is 124 Å². The second-order valence-electron chi connectivity index (χ2n) is 5.46. The molecule has 2 N–H and O–H groups in total. The molecule has 1 aliphatic heterocycles. The fraction of sp³-hybridized carbons (Fsp3) is 0.167. The monoisotopic (exact) mass is 275 g/mol. The summed E-state index contributed by atoms with van der Waals surface area (Å²) in [4.78, 5) is 6.94. The minimum Gasteiger partial charge on any atom is -0.398 e. The zero-order chi connectivity index (χ0) is 14.2. The molecule has 2 aromatic carbocycles. The Morgan fingerprint density at radius 3 is 2.81 bits per heavy atom. The number of rotatable bonds is 1. The number of anilines is 3. The lowest BCUT2D eigenvalue weighted by molar-refractivity contribution is 0.768. The molecule has 0 saturated carbocycles. The fourth-order valence-corrected chi connectivity index (χ4v) is 3.18. The molecule has 0 fully saturated rings. The van der Waals surface area contributed by atoms with Gasteiger partial charge < -0.3 is 10.6 Å². The molecule has 2 heterocycles. The number of nitrogens with zero attached hydrogens (tertiary/aromatic N) is 2. The maximum atomic E-state index is 6.09. The molecule has 0 amide bonds. The summed E-state index contributed by atoms with van der Waals surface area (Å²) in [7, 11) is 0. The molecule has 0 bridgehead atoms. The number of aryl methyl sites for hydroxylation is 1. The summed E-state index contributed by atoms with van der Waals surface area (Å²) < 4.78 is 0. The van der Waals surface area contributed by atoms with Gasteiger partial charge in [-0.25, -0.2) is 0 Å². The first-order chi connectivity index (χ1) is 10.3. The van der Waals surface area contributed by atoms with Gasteiger partial charge >= 0.3 is 0 Å². The topological polar surface area (TPSA) is 42.1 Å². The Morgan fingerprint density at radius 2 is 1.86 bits per heavy atom. The van der Waals surface area contributed by atoms with E-state index in [-0.39, 0.29) is 0 Å². The second kappa shape index (κ2) is 4.77. The first-order valence-electron chi connectivity index (χ1n) is 7.33. The van der Waals surface area contributed by atoms with Crippen LogP contribution in [0.25, 0.3) is 10.9 Å². The number of benzene rings is 2. The minimum absolute atomic E-state index is 0.784. The summed E-state index contributed by atoms with van der Waals surface area (Å²) in [6.07, 6.45) is 4.14. The van der Waals surface area contributed by atoms with Crippen LogP contribution in [0.15, 0.2) is 54.7 Å². The number of pyridine rings is 1. The predicted molar refractivity (Wildman–Crippen MR) is 87.9 cm³/mol. The quantitative estimate of drug-likeness (QED) is 0.685. The SMILES string of the molecule is Nc1ccc(N2CCCc3ccccc32)c2ncccc12. The van der Waals surface area contributed by atoms with Crippen molar-refractivity contribution in [1.82, 2.24) is 4.98 Å². The van der Waals surface area contributed by atoms with Crippen LogP contribution in [0, 0.1) is 0 Å². The van der Waals surface area contributed by atoms with Crippen molar-refractivity contribution in [3.05, 3.63) is 60.3 Å². The molecule has 0 atom stereocenters. The Balaban J connectivity index is 1.94. The zero-order valence-corrected chi connectivity index (χ0v) is 11.8. The van der Waals surface area contributed by atoms with Crippen LogP contribution in [0.5, 0.6) is 0 Å². The van der Waals surface area contributed by atoms with E-state index in [1.807, 2.05) is 24.4 Å². The number of hydrogen-bond donors (Lipinski definition) is 1. The Hall–Kier alpha value is -2.55. The highest BCUT2D eigenvalue weighted by Gasteiger charge is 2.20. The van der Waals surface area contributed by atoms with Crippen LogP contribution in [0.2, 0.25) is 0 Å². The number of aromatic nitrogens is 1. The van der Waals surface area contributed by atoms with E-state index in [4.69, 9.17) is 5.73 Å². The van der Waals surface area contributed by atoms with E-state index in [1.165, 1.54) is 11.3 Å². The van der Waals surface area contributed by atoms with Crippen LogP contribution < -0.4 is 10.6 Å². The molecule has 3 nitrogen and oxygen atoms in total. The van der Waals surface area contributed by atoms with Gasteiger partial charge in [-0.05, 0) is 48.7 Å². The highest BCUT2D eigenvalue weighted by Crippen LogP contribution is 2.37. The minimum atomic E-state index is 0.784. The second-order valence-corrected chi connectivity index (χ2v) is 5.46. The molecule has 0 spiro atoms. The zero-order valence-electron chi connectivity index (χ0n) is 11.8. The van der Waals surface area contributed by atoms with E-state index in [1.54, 1.807) is 0 Å². The molecule has 104 valence electrons. The first-order valence-corrected chi connectivity index (χ1v) is 7.33. The van der Waals surface area contributed by atoms with Crippen molar-refractivity contribution in [3.63, 3.8) is 0 Å². The lowest BCUT2D eigenvalue weighted by Gasteiger charge is -2.32. The van der Waals surface area contributed by atoms with Gasteiger partial charge in [0.05, 0.1) is 11.2 Å². The van der Waals surface area contributed by atoms with Gasteiger partial charge in [-0.3, -0.25) is 4.98 Å². The lowest BCUT2D eigenvalue weighted by Crippen LogP contribution is -2.24. The van der Waals surface area contributed by atoms with Crippen molar-refractivity contribution in [3.8, 4) is 0 Å². The molecular weight excluding hydrogens is 258 g/mol. The van der Waals surface area contributed by atoms with E-state index in [2.05, 4.69) is 40.2 Å². The van der Waals surface area contributed by atoms with Gasteiger partial charge in [0, 0.05) is 29.5 Å². The molecule has 21 heavy (non-hydrogen) atoms. The molecule has 0 radical (unpaired) electrons. The summed E-state index contributed by atoms with van der Waals surface area (Å²) in [5, 5.41) is 1.03. The molecule has 0 saturated heterocycles. The number of hydrogen-bond acceptors (Lipinski definition) is 3. The maximum absolute atomic E-state index is 6.09. The van der Waals surface area contributed by atoms with Gasteiger partial charge in [-0.2, -0.15) is 0 Å². The van der Waals surface area contributed by atoms with Gasteiger partial charge in [0.15, 0.2) is 0 Å². The van der Waals surface area contributed by atoms with Crippen molar-refractivity contribution in [2.24, 2.45) is 0 Å². The molecule has 4 rings (SSSR count). The molecule has 3 heteroatoms. The van der Waals surface area contributed by atoms with Gasteiger partial charge in [0.1, 0.15) is 0 Å². The molecule has 1 aliphatic rings. The van der Waals surface area contributed by atoms with Crippen molar-refractivity contribution in [1.29, 1.82) is 0 Å². The summed E-state index contributed by atoms with van der Waals surface area (Å²) in [6, 6.07) is 16.7. The Morgan fingerprint density at radius 1 is 0.952 bits per heavy atom. The predicted octanol–water partition coefficient (Wildman–Crippen LogP) is 3.90. The average Bonchev–Trinajstić information content (AvgIpc) is 2.55. The van der Waals surface area contributed by atoms with E-state index < -0.39 is 0 Å². The van der Waals surface area contributed by atoms with Crippen LogP contribution >= 0.6 is 0 Å². The van der Waals surface area contributed by atoms with Gasteiger partial charge in [-0.1, -0.05) is 18.2 Å². The number of nitrogens with two attached hydrogens (primary N) is 1. The third-order valence-electron chi connectivity index (χ3n) is 4.18. The Kier molecular flexibility index (Phi) is 2.78. The molecule has 1 aromatic heterocycles. The summed E-state index contributed by atoms with van der Waals surface area (Å²) in [6.45, 7) is 1.02. The third kappa shape index (κ3) is 1.93. The summed E-state index contributed by atoms with van der Waals surface area (Å²) in [5.41, 5.74) is 11.7. The molecular formula is C18H17N3. The van der Waals surface area contributed by atoms with Crippen LogP contribution in [0.4, 0.5) is 17.1 Å². The molecule has 0 unspecified atom stereocenters. The van der Waals surface area contributed by atoms with Crippen molar-refractivity contribution >= 4 is 28.0 Å². The van der Waals surface area contributed by atoms with E-state index >= 15 is 0 Å². The number of nitrogen functional groups attached to an aromatic ring is 1. The van der Waals surface area contributed by atoms with Crippen molar-refractivity contribution < 1.29 is 0 Å². The van der Waals surface area contributed by atoms with Crippen LogP contribution in [0.1, 0.15) is 12.0 Å². The van der Waals surface area contributed by atoms with Crippen molar-refractivity contribution in [2.45, 2.75) is 12.8 Å². The molecule has 3 aromatic rings. The van der Waals surface area contributed by atoms with Crippen LogP contribution in [-0.2, 0) is 6.42 Å². The molecule has 0 aliphatic carbocycles. The van der Waals surface area contributed by atoms with E-state index in [0.717, 1.165) is 41.7 Å². The number of fused-ring (bicyclic) bond motifs is 2. The lowest BCUT2D eigenvalue weighted by atomic mass is 10.0. The summed E-state index contributed by atoms with van der Waals surface area (Å²) >= 11 is 0. The van der Waals surface area contributed by atoms with Crippen LogP contribution in [0.3, 0.4) is 0 Å². The normalized spacial score (nSPS) is 14.2. The van der Waals surface area contributed by atoms with Gasteiger partial charge in [0.25, 0.3) is 0 Å².